The van der Waals surface area contributed by atoms with Crippen LogP contribution in [0.2, 0.25) is 0 Å². The first kappa shape index (κ1) is 15.1. The molecule has 3 saturated heterocycles. The fourth-order valence-electron chi connectivity index (χ4n) is 3.33. The molecular formula is C18H21NO3. The van der Waals surface area contributed by atoms with E-state index in [1.54, 1.807) is 12.1 Å². The molecule has 4 nitrogen and oxygen atoms in total. The highest BCUT2D eigenvalue weighted by Crippen LogP contribution is 2.32. The van der Waals surface area contributed by atoms with Gasteiger partial charge in [0, 0.05) is 5.56 Å². The standard InChI is InChI=1S/C18H21NO3/c1-2-22-17-11-13(12-20)3-4-14(17)5-6-16-18(21)15-7-9-19(16)10-8-15/h3-4,11-12,15-16,18,21H,2,7-10H2,1H3. The number of rotatable bonds is 3. The van der Waals surface area contributed by atoms with E-state index in [1.165, 1.54) is 0 Å². The topological polar surface area (TPSA) is 49.8 Å². The van der Waals surface area contributed by atoms with Crippen molar-refractivity contribution in [2.75, 3.05) is 19.7 Å². The predicted molar refractivity (Wildman–Crippen MR) is 84.0 cm³/mol. The minimum Gasteiger partial charge on any atom is -0.493 e. The lowest BCUT2D eigenvalue weighted by Crippen LogP contribution is -2.57. The average Bonchev–Trinajstić information content (AvgIpc) is 2.56. The molecule has 0 spiro atoms. The molecule has 1 N–H and O–H groups in total. The Hall–Kier alpha value is -1.83. The molecule has 4 rings (SSSR count). The van der Waals surface area contributed by atoms with Gasteiger partial charge in [-0.2, -0.15) is 0 Å². The molecule has 0 aliphatic carbocycles. The number of aliphatic hydroxyl groups is 1. The van der Waals surface area contributed by atoms with Gasteiger partial charge in [0.25, 0.3) is 0 Å². The van der Waals surface area contributed by atoms with Crippen molar-refractivity contribution in [1.82, 2.24) is 4.90 Å². The van der Waals surface area contributed by atoms with Gasteiger partial charge in [0.1, 0.15) is 12.0 Å². The van der Waals surface area contributed by atoms with E-state index in [0.717, 1.165) is 37.8 Å². The number of fused-ring (bicyclic) bond motifs is 3. The monoisotopic (exact) mass is 299 g/mol. The van der Waals surface area contributed by atoms with E-state index in [2.05, 4.69) is 16.7 Å². The maximum atomic E-state index is 10.9. The van der Waals surface area contributed by atoms with Crippen LogP contribution in [0.25, 0.3) is 0 Å². The molecular weight excluding hydrogens is 278 g/mol. The number of carbonyl (C=O) groups is 1. The molecule has 3 fully saturated rings. The van der Waals surface area contributed by atoms with Crippen LogP contribution in [0.1, 0.15) is 35.7 Å². The van der Waals surface area contributed by atoms with Crippen LogP contribution in [0.3, 0.4) is 0 Å². The van der Waals surface area contributed by atoms with Gasteiger partial charge in [-0.3, -0.25) is 9.69 Å². The fraction of sp³-hybridized carbons (Fsp3) is 0.500. The zero-order valence-corrected chi connectivity index (χ0v) is 12.8. The highest BCUT2D eigenvalue weighted by molar-refractivity contribution is 5.76. The van der Waals surface area contributed by atoms with Crippen molar-refractivity contribution in [2.45, 2.75) is 31.9 Å². The maximum absolute atomic E-state index is 10.9. The number of aliphatic hydroxyl groups excluding tert-OH is 1. The Morgan fingerprint density at radius 1 is 1.41 bits per heavy atom. The first-order valence-corrected chi connectivity index (χ1v) is 7.88. The minimum atomic E-state index is -0.361. The summed E-state index contributed by atoms with van der Waals surface area (Å²) >= 11 is 0. The van der Waals surface area contributed by atoms with Gasteiger partial charge in [-0.1, -0.05) is 17.9 Å². The average molecular weight is 299 g/mol. The smallest absolute Gasteiger partial charge is 0.150 e. The molecule has 0 amide bonds. The van der Waals surface area contributed by atoms with Crippen LogP contribution < -0.4 is 4.74 Å². The molecule has 22 heavy (non-hydrogen) atoms. The van der Waals surface area contributed by atoms with Crippen LogP contribution in [0.15, 0.2) is 18.2 Å². The molecule has 0 aromatic heterocycles. The number of hydrogen-bond donors (Lipinski definition) is 1. The summed E-state index contributed by atoms with van der Waals surface area (Å²) in [7, 11) is 0. The lowest BCUT2D eigenvalue weighted by atomic mass is 9.81. The van der Waals surface area contributed by atoms with E-state index in [1.807, 2.05) is 13.0 Å². The fourth-order valence-corrected chi connectivity index (χ4v) is 3.33. The van der Waals surface area contributed by atoms with Gasteiger partial charge in [-0.15, -0.1) is 0 Å². The van der Waals surface area contributed by atoms with Crippen molar-refractivity contribution in [3.05, 3.63) is 29.3 Å². The number of hydrogen-bond acceptors (Lipinski definition) is 4. The predicted octanol–water partition coefficient (Wildman–Crippen LogP) is 1.70. The van der Waals surface area contributed by atoms with Crippen molar-refractivity contribution < 1.29 is 14.6 Å². The first-order valence-electron chi connectivity index (χ1n) is 7.88. The molecule has 2 bridgehead atoms. The van der Waals surface area contributed by atoms with E-state index < -0.39 is 0 Å². The second kappa shape index (κ2) is 6.51. The van der Waals surface area contributed by atoms with E-state index >= 15 is 0 Å². The van der Waals surface area contributed by atoms with Crippen LogP contribution in [-0.4, -0.2) is 48.1 Å². The maximum Gasteiger partial charge on any atom is 0.150 e. The van der Waals surface area contributed by atoms with Crippen molar-refractivity contribution in [1.29, 1.82) is 0 Å². The normalized spacial score (nSPS) is 29.5. The Balaban J connectivity index is 1.85. The van der Waals surface area contributed by atoms with Crippen LogP contribution in [-0.2, 0) is 0 Å². The largest absolute Gasteiger partial charge is 0.493 e. The molecule has 2 atom stereocenters. The quantitative estimate of drug-likeness (QED) is 0.682. The Kier molecular flexibility index (Phi) is 4.47. The van der Waals surface area contributed by atoms with E-state index in [0.29, 0.717) is 23.8 Å². The third-order valence-corrected chi connectivity index (χ3v) is 4.57. The number of nitrogens with zero attached hydrogens (tertiary/aromatic N) is 1. The first-order chi connectivity index (χ1) is 10.7. The van der Waals surface area contributed by atoms with Gasteiger partial charge < -0.3 is 9.84 Å². The van der Waals surface area contributed by atoms with Crippen LogP contribution in [0, 0.1) is 17.8 Å². The van der Waals surface area contributed by atoms with Crippen LogP contribution in [0.4, 0.5) is 0 Å². The van der Waals surface area contributed by atoms with Gasteiger partial charge >= 0.3 is 0 Å². The number of ether oxygens (including phenoxy) is 1. The molecule has 3 heterocycles. The summed E-state index contributed by atoms with van der Waals surface area (Å²) in [5.41, 5.74) is 1.34. The third-order valence-electron chi connectivity index (χ3n) is 4.57. The summed E-state index contributed by atoms with van der Waals surface area (Å²) in [5.74, 6) is 7.37. The Morgan fingerprint density at radius 2 is 2.18 bits per heavy atom. The summed E-state index contributed by atoms with van der Waals surface area (Å²) in [4.78, 5) is 13.1. The van der Waals surface area contributed by atoms with Gasteiger partial charge in [0.2, 0.25) is 0 Å². The molecule has 4 heteroatoms. The van der Waals surface area contributed by atoms with Gasteiger partial charge in [-0.25, -0.2) is 0 Å². The summed E-state index contributed by atoms with van der Waals surface area (Å²) in [5, 5.41) is 10.4. The highest BCUT2D eigenvalue weighted by atomic mass is 16.5. The van der Waals surface area contributed by atoms with Crippen LogP contribution >= 0.6 is 0 Å². The molecule has 116 valence electrons. The minimum absolute atomic E-state index is 0.0901. The molecule has 3 aliphatic rings. The van der Waals surface area contributed by atoms with Crippen molar-refractivity contribution in [3.8, 4) is 17.6 Å². The molecule has 1 aromatic carbocycles. The second-order valence-electron chi connectivity index (χ2n) is 5.88. The molecule has 1 aromatic rings. The lowest BCUT2D eigenvalue weighted by Gasteiger charge is -2.46. The van der Waals surface area contributed by atoms with E-state index in [4.69, 9.17) is 4.74 Å². The Labute approximate surface area is 131 Å². The number of aldehydes is 1. The second-order valence-corrected chi connectivity index (χ2v) is 5.88. The summed E-state index contributed by atoms with van der Waals surface area (Å²) in [6, 6.07) is 5.17. The Morgan fingerprint density at radius 3 is 2.82 bits per heavy atom. The molecule has 0 radical (unpaired) electrons. The van der Waals surface area contributed by atoms with Crippen LogP contribution in [0.5, 0.6) is 5.75 Å². The van der Waals surface area contributed by atoms with Gasteiger partial charge in [-0.05, 0) is 50.9 Å². The van der Waals surface area contributed by atoms with Crippen molar-refractivity contribution in [2.24, 2.45) is 5.92 Å². The molecule has 3 aliphatic heterocycles. The third kappa shape index (κ3) is 2.87. The SMILES string of the molecule is CCOc1cc(C=O)ccc1C#CC1C(O)C2CCN1CC2. The Bertz CT molecular complexity index is 606. The van der Waals surface area contributed by atoms with Crippen molar-refractivity contribution >= 4 is 6.29 Å². The zero-order chi connectivity index (χ0) is 15.5. The van der Waals surface area contributed by atoms with E-state index in [-0.39, 0.29) is 12.1 Å². The highest BCUT2D eigenvalue weighted by Gasteiger charge is 2.40. The summed E-state index contributed by atoms with van der Waals surface area (Å²) in [6.45, 7) is 4.46. The lowest BCUT2D eigenvalue weighted by molar-refractivity contribution is -0.0500. The number of piperidine rings is 3. The molecule has 0 saturated carbocycles. The summed E-state index contributed by atoms with van der Waals surface area (Å²) < 4.78 is 5.57. The van der Waals surface area contributed by atoms with E-state index in [9.17, 15) is 9.90 Å². The van der Waals surface area contributed by atoms with Gasteiger partial charge in [0.15, 0.2) is 0 Å². The zero-order valence-electron chi connectivity index (χ0n) is 12.8. The van der Waals surface area contributed by atoms with Gasteiger partial charge in [0.05, 0.1) is 24.3 Å². The number of benzene rings is 1. The summed E-state index contributed by atoms with van der Waals surface area (Å²) in [6.07, 6.45) is 2.57. The van der Waals surface area contributed by atoms with Crippen molar-refractivity contribution in [3.63, 3.8) is 0 Å². The molecule has 2 unspecified atom stereocenters. The number of carbonyl (C=O) groups excluding carboxylic acids is 1.